The zero-order chi connectivity index (χ0) is 34.2. The van der Waals surface area contributed by atoms with Gasteiger partial charge < -0.3 is 19.4 Å². The van der Waals surface area contributed by atoms with Crippen molar-refractivity contribution >= 4 is 46.3 Å². The highest BCUT2D eigenvalue weighted by Crippen LogP contribution is 2.47. The Bertz CT molecular complexity index is 2040. The number of carbonyl (C=O) groups excluding carboxylic acids is 2. The zero-order valence-corrected chi connectivity index (χ0v) is 27.5. The van der Waals surface area contributed by atoms with Gasteiger partial charge in [0, 0.05) is 71.2 Å². The van der Waals surface area contributed by atoms with E-state index in [1.165, 1.54) is 48.9 Å². The number of rotatable bonds is 7. The number of methoxy groups -OCH3 is 1. The fourth-order valence-corrected chi connectivity index (χ4v) is 7.19. The van der Waals surface area contributed by atoms with Crippen molar-refractivity contribution in [2.24, 2.45) is 4.99 Å². The number of hydrogen-bond acceptors (Lipinski definition) is 8. The Morgan fingerprint density at radius 1 is 1.16 bits per heavy atom. The number of amidine groups is 1. The van der Waals surface area contributed by atoms with Crippen LogP contribution in [-0.2, 0) is 4.74 Å². The molecule has 250 valence electrons. The maximum absolute atomic E-state index is 14.1. The molecule has 0 aliphatic carbocycles. The minimum atomic E-state index is -2.85. The largest absolute Gasteiger partial charge is 0.465 e. The number of ether oxygens (including phenoxy) is 1. The number of benzene rings is 2. The lowest BCUT2D eigenvalue weighted by atomic mass is 9.92. The second-order valence-corrected chi connectivity index (χ2v) is 12.7. The van der Waals surface area contributed by atoms with Gasteiger partial charge in [0.05, 0.1) is 31.0 Å². The van der Waals surface area contributed by atoms with E-state index in [1.54, 1.807) is 40.3 Å². The van der Waals surface area contributed by atoms with Gasteiger partial charge in [0.1, 0.15) is 11.9 Å². The molecule has 0 saturated carbocycles. The molecule has 2 aromatic heterocycles. The van der Waals surface area contributed by atoms with Gasteiger partial charge >= 0.3 is 18.5 Å². The minimum Gasteiger partial charge on any atom is -0.465 e. The van der Waals surface area contributed by atoms with Crippen molar-refractivity contribution in [2.45, 2.75) is 25.1 Å². The van der Waals surface area contributed by atoms with Gasteiger partial charge in [0.25, 0.3) is 0 Å². The molecule has 49 heavy (non-hydrogen) atoms. The van der Waals surface area contributed by atoms with E-state index in [2.05, 4.69) is 21.9 Å². The third-order valence-electron chi connectivity index (χ3n) is 8.58. The molecule has 0 unspecified atom stereocenters. The van der Waals surface area contributed by atoms with Crippen molar-refractivity contribution in [2.75, 3.05) is 33.3 Å². The standard InChI is InChI=1S/C34H27ClF3N7O3S/c1-48-32(46)21-6-4-20(5-7-21)3-2-12-42-14-15-43(34(42)47)23-18-27-28(26-10-13-45(41-26)33(37)38)29(24-9-8-22(36)17-25(24)35)40-30(44(27)19-23)31-39-11-16-49-31/h4-11,13,16-17,23,29,33H,12,14-15,18-19H2,1H3/t23-,29-/m0/s1. The molecule has 0 bridgehead atoms. The minimum absolute atomic E-state index is 0.132. The van der Waals surface area contributed by atoms with Crippen LogP contribution in [0.4, 0.5) is 18.0 Å². The van der Waals surface area contributed by atoms with Crippen LogP contribution in [0.5, 0.6) is 0 Å². The highest BCUT2D eigenvalue weighted by Gasteiger charge is 2.45. The van der Waals surface area contributed by atoms with E-state index < -0.39 is 24.4 Å². The quantitative estimate of drug-likeness (QED) is 0.171. The van der Waals surface area contributed by atoms with Gasteiger partial charge in [-0.25, -0.2) is 23.6 Å². The molecule has 2 fully saturated rings. The Hall–Kier alpha value is -5.13. The molecular formula is C34H27ClF3N7O3S. The molecule has 2 saturated heterocycles. The number of urea groups is 1. The smallest absolute Gasteiger partial charge is 0.337 e. The van der Waals surface area contributed by atoms with Crippen molar-refractivity contribution in [3.8, 4) is 11.8 Å². The van der Waals surface area contributed by atoms with Crippen LogP contribution in [0.3, 0.4) is 0 Å². The summed E-state index contributed by atoms with van der Waals surface area (Å²) in [6, 6.07) is 10.9. The number of thiazole rings is 1. The maximum Gasteiger partial charge on any atom is 0.337 e. The van der Waals surface area contributed by atoms with Gasteiger partial charge in [-0.2, -0.15) is 13.9 Å². The first-order valence-corrected chi connectivity index (χ1v) is 16.5. The number of nitrogens with zero attached hydrogens (tertiary/aromatic N) is 7. The Morgan fingerprint density at radius 2 is 1.98 bits per heavy atom. The second-order valence-electron chi connectivity index (χ2n) is 11.4. The predicted octanol–water partition coefficient (Wildman–Crippen LogP) is 6.09. The van der Waals surface area contributed by atoms with E-state index >= 15 is 0 Å². The van der Waals surface area contributed by atoms with Gasteiger partial charge in [-0.3, -0.25) is 4.99 Å². The van der Waals surface area contributed by atoms with E-state index in [0.717, 1.165) is 5.70 Å². The van der Waals surface area contributed by atoms with Crippen LogP contribution < -0.4 is 0 Å². The molecule has 4 aromatic rings. The van der Waals surface area contributed by atoms with Crippen LogP contribution in [0.1, 0.15) is 51.2 Å². The zero-order valence-electron chi connectivity index (χ0n) is 25.9. The number of amides is 2. The first kappa shape index (κ1) is 32.4. The van der Waals surface area contributed by atoms with Crippen molar-refractivity contribution in [3.63, 3.8) is 0 Å². The van der Waals surface area contributed by atoms with E-state index in [-0.39, 0.29) is 29.3 Å². The fraction of sp³-hybridized carbons (Fsp3) is 0.265. The summed E-state index contributed by atoms with van der Waals surface area (Å²) >= 11 is 7.96. The molecule has 0 radical (unpaired) electrons. The van der Waals surface area contributed by atoms with Crippen LogP contribution in [0.25, 0.3) is 5.57 Å². The van der Waals surface area contributed by atoms with E-state index in [9.17, 15) is 22.8 Å². The number of aromatic nitrogens is 3. The van der Waals surface area contributed by atoms with E-state index in [0.29, 0.717) is 63.8 Å². The molecule has 2 atom stereocenters. The van der Waals surface area contributed by atoms with Crippen LogP contribution in [-0.4, -0.2) is 86.6 Å². The van der Waals surface area contributed by atoms with Crippen molar-refractivity contribution in [3.05, 3.63) is 110 Å². The maximum atomic E-state index is 14.1. The lowest BCUT2D eigenvalue weighted by molar-refractivity contribution is 0.0563. The molecule has 3 aliphatic rings. The van der Waals surface area contributed by atoms with Gasteiger partial charge in [-0.15, -0.1) is 11.3 Å². The van der Waals surface area contributed by atoms with Crippen molar-refractivity contribution in [1.82, 2.24) is 29.5 Å². The summed E-state index contributed by atoms with van der Waals surface area (Å²) in [5.41, 5.74) is 3.16. The van der Waals surface area contributed by atoms with E-state index in [1.807, 2.05) is 10.3 Å². The summed E-state index contributed by atoms with van der Waals surface area (Å²) in [7, 11) is 1.32. The summed E-state index contributed by atoms with van der Waals surface area (Å²) in [6.07, 6.45) is 3.24. The lowest BCUT2D eigenvalue weighted by Crippen LogP contribution is -2.42. The summed E-state index contributed by atoms with van der Waals surface area (Å²) in [6.45, 7) is -1.33. The lowest BCUT2D eigenvalue weighted by Gasteiger charge is -2.32. The number of esters is 1. The van der Waals surface area contributed by atoms with Gasteiger partial charge in [-0.1, -0.05) is 29.5 Å². The SMILES string of the molecule is COC(=O)c1ccc(C#CCN2CCN([C@H]3CC4=C(c5ccn(C(F)F)n5)[C@H](c5ccc(F)cc5Cl)N=C(c5nccs5)N4C3)C2=O)cc1. The molecule has 10 nitrogen and oxygen atoms in total. The molecule has 7 rings (SSSR count). The summed E-state index contributed by atoms with van der Waals surface area (Å²) in [5.74, 6) is 5.68. The first-order valence-electron chi connectivity index (χ1n) is 15.2. The Balaban J connectivity index is 1.19. The van der Waals surface area contributed by atoms with Crippen LogP contribution in [0.15, 0.2) is 77.0 Å². The molecule has 2 amide bonds. The number of halogens is 4. The molecule has 3 aliphatic heterocycles. The molecular weight excluding hydrogens is 679 g/mol. The van der Waals surface area contributed by atoms with Gasteiger partial charge in [0.2, 0.25) is 0 Å². The highest BCUT2D eigenvalue weighted by atomic mass is 35.5. The Kier molecular flexibility index (Phi) is 8.87. The summed E-state index contributed by atoms with van der Waals surface area (Å²) in [4.78, 5) is 40.4. The fourth-order valence-electron chi connectivity index (χ4n) is 6.27. The van der Waals surface area contributed by atoms with Crippen LogP contribution >= 0.6 is 22.9 Å². The Morgan fingerprint density at radius 3 is 2.67 bits per heavy atom. The summed E-state index contributed by atoms with van der Waals surface area (Å²) < 4.78 is 46.8. The predicted molar refractivity (Wildman–Crippen MR) is 177 cm³/mol. The molecule has 15 heteroatoms. The van der Waals surface area contributed by atoms with Gasteiger partial charge in [-0.05, 0) is 42.5 Å². The molecule has 2 aromatic carbocycles. The molecule has 5 heterocycles. The molecule has 0 spiro atoms. The normalized spacial score (nSPS) is 18.9. The van der Waals surface area contributed by atoms with Crippen molar-refractivity contribution < 1.29 is 27.5 Å². The number of alkyl halides is 2. The summed E-state index contributed by atoms with van der Waals surface area (Å²) in [5, 5.41) is 6.77. The third kappa shape index (κ3) is 6.27. The van der Waals surface area contributed by atoms with Crippen LogP contribution in [0, 0.1) is 17.7 Å². The monoisotopic (exact) mass is 705 g/mol. The Labute approximate surface area is 288 Å². The number of carbonyl (C=O) groups is 2. The number of aliphatic imine (C=N–C) groups is 1. The number of hydrogen-bond donors (Lipinski definition) is 0. The highest BCUT2D eigenvalue weighted by molar-refractivity contribution is 7.11. The topological polar surface area (TPSA) is 96.2 Å². The molecule has 0 N–H and O–H groups in total. The second kappa shape index (κ2) is 13.4. The average Bonchev–Trinajstić information content (AvgIpc) is 3.92. The third-order valence-corrected chi connectivity index (χ3v) is 9.68. The first-order chi connectivity index (χ1) is 23.7. The number of fused-ring (bicyclic) bond motifs is 1. The average molecular weight is 706 g/mol. The van der Waals surface area contributed by atoms with Gasteiger partial charge in [0.15, 0.2) is 10.8 Å². The van der Waals surface area contributed by atoms with E-state index in [4.69, 9.17) is 21.3 Å². The van der Waals surface area contributed by atoms with Crippen molar-refractivity contribution in [1.29, 1.82) is 0 Å². The van der Waals surface area contributed by atoms with Crippen LogP contribution in [0.2, 0.25) is 5.02 Å².